The van der Waals surface area contributed by atoms with Gasteiger partial charge in [-0.3, -0.25) is 0 Å². The van der Waals surface area contributed by atoms with E-state index in [1.807, 2.05) is 6.92 Å². The number of benzene rings is 1. The minimum Gasteiger partial charge on any atom is -0.467 e. The van der Waals surface area contributed by atoms with Crippen LogP contribution in [0, 0.1) is 0 Å². The summed E-state index contributed by atoms with van der Waals surface area (Å²) < 4.78 is 4.71. The predicted molar refractivity (Wildman–Crippen MR) is 77.1 cm³/mol. The van der Waals surface area contributed by atoms with Crippen LogP contribution in [0.1, 0.15) is 18.9 Å². The van der Waals surface area contributed by atoms with Crippen LogP contribution in [0.3, 0.4) is 0 Å². The molecule has 3 N–H and O–H groups in total. The summed E-state index contributed by atoms with van der Waals surface area (Å²) >= 11 is 10.9. The first-order chi connectivity index (χ1) is 8.49. The summed E-state index contributed by atoms with van der Waals surface area (Å²) in [4.78, 5) is 11.8. The number of esters is 1. The first-order valence-electron chi connectivity index (χ1n) is 5.43. The Morgan fingerprint density at radius 1 is 1.61 bits per heavy atom. The lowest BCUT2D eigenvalue weighted by atomic mass is 10.1. The van der Waals surface area contributed by atoms with Crippen LogP contribution in [0.25, 0.3) is 0 Å². The van der Waals surface area contributed by atoms with Crippen LogP contribution in [0.2, 0.25) is 5.02 Å². The number of nitrogens with two attached hydrogens (primary N) is 1. The van der Waals surface area contributed by atoms with Crippen molar-refractivity contribution in [3.8, 4) is 0 Å². The Bertz CT molecular complexity index is 465. The van der Waals surface area contributed by atoms with E-state index in [-0.39, 0.29) is 11.0 Å². The van der Waals surface area contributed by atoms with E-state index in [0.717, 1.165) is 0 Å². The fourth-order valence-corrected chi connectivity index (χ4v) is 1.86. The minimum atomic E-state index is -0.457. The van der Waals surface area contributed by atoms with Gasteiger partial charge >= 0.3 is 5.97 Å². The summed E-state index contributed by atoms with van der Waals surface area (Å²) in [6.07, 6.45) is 0.579. The number of methoxy groups -OCH3 is 1. The summed E-state index contributed by atoms with van der Waals surface area (Å²) in [5.74, 6) is -0.341. The molecule has 0 heterocycles. The second-order valence-electron chi connectivity index (χ2n) is 3.68. The zero-order chi connectivity index (χ0) is 13.7. The molecule has 0 saturated carbocycles. The van der Waals surface area contributed by atoms with Crippen molar-refractivity contribution >= 4 is 40.5 Å². The average molecular weight is 287 g/mol. The topological polar surface area (TPSA) is 64.3 Å². The first kappa shape index (κ1) is 14.7. The molecule has 0 aromatic heterocycles. The van der Waals surface area contributed by atoms with E-state index >= 15 is 0 Å². The van der Waals surface area contributed by atoms with Gasteiger partial charge in [0.15, 0.2) is 0 Å². The summed E-state index contributed by atoms with van der Waals surface area (Å²) in [6, 6.07) is 4.64. The lowest BCUT2D eigenvalue weighted by Crippen LogP contribution is -2.30. The quantitative estimate of drug-likeness (QED) is 0.642. The number of nitrogens with one attached hydrogen (secondary N) is 1. The number of hydrogen-bond donors (Lipinski definition) is 2. The van der Waals surface area contributed by atoms with Crippen LogP contribution in [-0.2, 0) is 9.53 Å². The maximum absolute atomic E-state index is 11.5. The number of thiocarbonyl (C=S) groups is 1. The standard InChI is InChI=1S/C12H15ClN2O2S/c1-3-9(12(16)17-2)15-10-6-7(13)4-5-8(10)11(14)18/h4-6,9,15H,3H2,1-2H3,(H2,14,18). The molecule has 0 aliphatic rings. The van der Waals surface area contributed by atoms with E-state index in [1.165, 1.54) is 7.11 Å². The highest BCUT2D eigenvalue weighted by atomic mass is 35.5. The zero-order valence-corrected chi connectivity index (χ0v) is 11.8. The van der Waals surface area contributed by atoms with Gasteiger partial charge in [0.2, 0.25) is 0 Å². The Labute approximate surface area is 116 Å². The molecule has 1 aromatic rings. The van der Waals surface area contributed by atoms with Gasteiger partial charge in [-0.15, -0.1) is 0 Å². The van der Waals surface area contributed by atoms with Crippen molar-refractivity contribution in [3.63, 3.8) is 0 Å². The van der Waals surface area contributed by atoms with E-state index in [1.54, 1.807) is 18.2 Å². The predicted octanol–water partition coefficient (Wildman–Crippen LogP) is 2.34. The molecule has 4 nitrogen and oxygen atoms in total. The molecule has 0 radical (unpaired) electrons. The van der Waals surface area contributed by atoms with Gasteiger partial charge in [-0.1, -0.05) is 30.7 Å². The van der Waals surface area contributed by atoms with Crippen LogP contribution in [0.4, 0.5) is 5.69 Å². The van der Waals surface area contributed by atoms with Gasteiger partial charge in [-0.2, -0.15) is 0 Å². The third-order valence-electron chi connectivity index (χ3n) is 2.47. The molecule has 0 aliphatic carbocycles. The van der Waals surface area contributed by atoms with Gasteiger partial charge in [0, 0.05) is 16.3 Å². The summed E-state index contributed by atoms with van der Waals surface area (Å²) in [7, 11) is 1.35. The Hall–Kier alpha value is -1.33. The summed E-state index contributed by atoms with van der Waals surface area (Å²) in [6.45, 7) is 1.87. The van der Waals surface area contributed by atoms with Crippen LogP contribution >= 0.6 is 23.8 Å². The zero-order valence-electron chi connectivity index (χ0n) is 10.2. The number of rotatable bonds is 5. The molecule has 0 bridgehead atoms. The van der Waals surface area contributed by atoms with E-state index < -0.39 is 6.04 Å². The molecule has 1 rings (SSSR count). The molecule has 0 aliphatic heterocycles. The summed E-state index contributed by atoms with van der Waals surface area (Å²) in [5.41, 5.74) is 6.90. The highest BCUT2D eigenvalue weighted by molar-refractivity contribution is 7.80. The molecule has 1 unspecified atom stereocenters. The van der Waals surface area contributed by atoms with Crippen molar-refractivity contribution in [3.05, 3.63) is 28.8 Å². The maximum atomic E-state index is 11.5. The third-order valence-corrected chi connectivity index (χ3v) is 2.93. The molecule has 18 heavy (non-hydrogen) atoms. The Morgan fingerprint density at radius 3 is 2.78 bits per heavy atom. The molecular weight excluding hydrogens is 272 g/mol. The SMILES string of the molecule is CCC(Nc1cc(Cl)ccc1C(N)=S)C(=O)OC. The minimum absolute atomic E-state index is 0.244. The Balaban J connectivity index is 3.04. The molecule has 1 aromatic carbocycles. The van der Waals surface area contributed by atoms with Crippen LogP contribution in [-0.4, -0.2) is 24.1 Å². The number of carbonyl (C=O) groups is 1. The van der Waals surface area contributed by atoms with Gasteiger partial charge in [0.1, 0.15) is 11.0 Å². The number of carbonyl (C=O) groups excluding carboxylic acids is 1. The van der Waals surface area contributed by atoms with E-state index in [2.05, 4.69) is 5.32 Å². The number of anilines is 1. The van der Waals surface area contributed by atoms with Crippen molar-refractivity contribution in [1.82, 2.24) is 0 Å². The van der Waals surface area contributed by atoms with Crippen LogP contribution < -0.4 is 11.1 Å². The van der Waals surface area contributed by atoms with Crippen molar-refractivity contribution in [2.45, 2.75) is 19.4 Å². The van der Waals surface area contributed by atoms with Crippen LogP contribution in [0.5, 0.6) is 0 Å². The fraction of sp³-hybridized carbons (Fsp3) is 0.333. The van der Waals surface area contributed by atoms with Crippen LogP contribution in [0.15, 0.2) is 18.2 Å². The van der Waals surface area contributed by atoms with Crippen molar-refractivity contribution in [2.75, 3.05) is 12.4 Å². The smallest absolute Gasteiger partial charge is 0.328 e. The van der Waals surface area contributed by atoms with E-state index in [0.29, 0.717) is 22.7 Å². The van der Waals surface area contributed by atoms with Crippen molar-refractivity contribution < 1.29 is 9.53 Å². The third kappa shape index (κ3) is 3.58. The second kappa shape index (κ2) is 6.56. The van der Waals surface area contributed by atoms with Gasteiger partial charge in [0.05, 0.1) is 7.11 Å². The lowest BCUT2D eigenvalue weighted by molar-refractivity contribution is -0.141. The van der Waals surface area contributed by atoms with Crippen molar-refractivity contribution in [1.29, 1.82) is 0 Å². The number of halogens is 1. The number of hydrogen-bond acceptors (Lipinski definition) is 4. The monoisotopic (exact) mass is 286 g/mol. The normalized spacial score (nSPS) is 11.7. The maximum Gasteiger partial charge on any atom is 0.328 e. The molecule has 1 atom stereocenters. The molecular formula is C12H15ClN2O2S. The highest BCUT2D eigenvalue weighted by Gasteiger charge is 2.18. The van der Waals surface area contributed by atoms with Crippen molar-refractivity contribution in [2.24, 2.45) is 5.73 Å². The molecule has 0 amide bonds. The Morgan fingerprint density at radius 2 is 2.28 bits per heavy atom. The largest absolute Gasteiger partial charge is 0.467 e. The van der Waals surface area contributed by atoms with Gasteiger partial charge in [0.25, 0.3) is 0 Å². The van der Waals surface area contributed by atoms with Gasteiger partial charge in [-0.25, -0.2) is 4.79 Å². The number of ether oxygens (including phenoxy) is 1. The van der Waals surface area contributed by atoms with E-state index in [9.17, 15) is 4.79 Å². The fourth-order valence-electron chi connectivity index (χ4n) is 1.51. The first-order valence-corrected chi connectivity index (χ1v) is 6.22. The van der Waals surface area contributed by atoms with Gasteiger partial charge < -0.3 is 15.8 Å². The highest BCUT2D eigenvalue weighted by Crippen LogP contribution is 2.22. The molecule has 6 heteroatoms. The summed E-state index contributed by atoms with van der Waals surface area (Å²) in [5, 5.41) is 3.58. The molecule has 0 spiro atoms. The molecule has 0 saturated heterocycles. The second-order valence-corrected chi connectivity index (χ2v) is 4.56. The lowest BCUT2D eigenvalue weighted by Gasteiger charge is -2.18. The Kier molecular flexibility index (Phi) is 5.37. The van der Waals surface area contributed by atoms with Gasteiger partial charge in [-0.05, 0) is 24.6 Å². The molecule has 98 valence electrons. The molecule has 0 fully saturated rings. The average Bonchev–Trinajstić information content (AvgIpc) is 2.34. The van der Waals surface area contributed by atoms with E-state index in [4.69, 9.17) is 34.3 Å².